The molecule has 2 saturated heterocycles. The number of amides is 1. The summed E-state index contributed by atoms with van der Waals surface area (Å²) in [5.74, 6) is 1.39. The van der Waals surface area contributed by atoms with Gasteiger partial charge < -0.3 is 20.3 Å². The zero-order valence-electron chi connectivity index (χ0n) is 17.4. The first-order valence-electron chi connectivity index (χ1n) is 10.3. The fraction of sp³-hybridized carbons (Fsp3) is 0.435. The normalized spacial score (nSPS) is 17.8. The van der Waals surface area contributed by atoms with Crippen molar-refractivity contribution in [2.45, 2.75) is 25.7 Å². The molecule has 5 nitrogen and oxygen atoms in total. The van der Waals surface area contributed by atoms with E-state index in [-0.39, 0.29) is 30.7 Å². The number of hydrogen-bond acceptors (Lipinski definition) is 4. The highest BCUT2D eigenvalue weighted by Crippen LogP contribution is 2.33. The molecule has 4 rings (SSSR count). The smallest absolute Gasteiger partial charge is 0.255 e. The summed E-state index contributed by atoms with van der Waals surface area (Å²) in [7, 11) is 1.68. The maximum absolute atomic E-state index is 12.8. The third-order valence-electron chi connectivity index (χ3n) is 5.76. The van der Waals surface area contributed by atoms with Gasteiger partial charge in [-0.1, -0.05) is 12.1 Å². The third kappa shape index (κ3) is 5.81. The van der Waals surface area contributed by atoms with Gasteiger partial charge in [0.15, 0.2) is 0 Å². The molecule has 1 atom stereocenters. The van der Waals surface area contributed by atoms with Crippen LogP contribution in [-0.4, -0.2) is 39.2 Å². The molecule has 0 aliphatic carbocycles. The van der Waals surface area contributed by atoms with E-state index in [0.717, 1.165) is 49.7 Å². The minimum atomic E-state index is -0.0811. The highest BCUT2D eigenvalue weighted by atomic mass is 35.5. The van der Waals surface area contributed by atoms with E-state index in [2.05, 4.69) is 21.6 Å². The van der Waals surface area contributed by atoms with Gasteiger partial charge in [-0.25, -0.2) is 0 Å². The molecule has 2 fully saturated rings. The topological polar surface area (TPSA) is 53.6 Å². The monoisotopic (exact) mass is 451 g/mol. The summed E-state index contributed by atoms with van der Waals surface area (Å²) in [6.45, 7) is 4.29. The number of anilines is 2. The first kappa shape index (κ1) is 24.3. The second-order valence-electron chi connectivity index (χ2n) is 7.80. The summed E-state index contributed by atoms with van der Waals surface area (Å²) < 4.78 is 5.58. The van der Waals surface area contributed by atoms with Crippen molar-refractivity contribution < 1.29 is 9.53 Å². The van der Waals surface area contributed by atoms with Crippen LogP contribution in [-0.2, 0) is 6.42 Å². The van der Waals surface area contributed by atoms with E-state index in [1.807, 2.05) is 36.4 Å². The summed E-state index contributed by atoms with van der Waals surface area (Å²) in [4.78, 5) is 15.1. The zero-order valence-corrected chi connectivity index (χ0v) is 19.0. The Hall–Kier alpha value is -1.95. The fourth-order valence-corrected chi connectivity index (χ4v) is 4.24. The van der Waals surface area contributed by atoms with Gasteiger partial charge in [-0.15, -0.1) is 24.8 Å². The number of ether oxygens (including phenoxy) is 1. The van der Waals surface area contributed by atoms with Crippen molar-refractivity contribution in [1.29, 1.82) is 0 Å². The lowest BCUT2D eigenvalue weighted by Crippen LogP contribution is -2.18. The van der Waals surface area contributed by atoms with Crippen LogP contribution in [0.1, 0.15) is 35.2 Å². The SMILES string of the molecule is COc1cc(NC(=O)c2cccc(CC3CCNC3)c2)ccc1N1CCCC1.Cl.Cl. The Balaban J connectivity index is 0.00000160. The lowest BCUT2D eigenvalue weighted by Gasteiger charge is -2.21. The van der Waals surface area contributed by atoms with Crippen LogP contribution in [0.2, 0.25) is 0 Å². The van der Waals surface area contributed by atoms with Gasteiger partial charge in [0.2, 0.25) is 0 Å². The van der Waals surface area contributed by atoms with E-state index in [4.69, 9.17) is 4.74 Å². The number of nitrogens with zero attached hydrogens (tertiary/aromatic N) is 1. The molecule has 2 aliphatic rings. The predicted molar refractivity (Wildman–Crippen MR) is 128 cm³/mol. The molecule has 0 saturated carbocycles. The quantitative estimate of drug-likeness (QED) is 0.676. The lowest BCUT2D eigenvalue weighted by molar-refractivity contribution is 0.102. The molecule has 0 spiro atoms. The second-order valence-corrected chi connectivity index (χ2v) is 7.80. The summed E-state index contributed by atoms with van der Waals surface area (Å²) in [6.07, 6.45) is 4.66. The first-order valence-corrected chi connectivity index (χ1v) is 10.3. The number of carbonyl (C=O) groups excluding carboxylic acids is 1. The average molecular weight is 452 g/mol. The molecule has 2 N–H and O–H groups in total. The average Bonchev–Trinajstić information content (AvgIpc) is 3.42. The van der Waals surface area contributed by atoms with Crippen LogP contribution in [0.15, 0.2) is 42.5 Å². The Morgan fingerprint density at radius 3 is 2.67 bits per heavy atom. The number of hydrogen-bond donors (Lipinski definition) is 2. The Kier molecular flexibility index (Phi) is 9.28. The van der Waals surface area contributed by atoms with Crippen LogP contribution in [0.4, 0.5) is 11.4 Å². The maximum Gasteiger partial charge on any atom is 0.255 e. The molecular weight excluding hydrogens is 421 g/mol. The third-order valence-corrected chi connectivity index (χ3v) is 5.76. The van der Waals surface area contributed by atoms with Crippen LogP contribution in [0.3, 0.4) is 0 Å². The molecule has 164 valence electrons. The van der Waals surface area contributed by atoms with Gasteiger partial charge in [-0.3, -0.25) is 4.79 Å². The van der Waals surface area contributed by atoms with Crippen molar-refractivity contribution in [2.75, 3.05) is 43.5 Å². The molecule has 2 aliphatic heterocycles. The molecule has 0 aromatic heterocycles. The molecular formula is C23H31Cl2N3O2. The van der Waals surface area contributed by atoms with Crippen LogP contribution in [0.25, 0.3) is 0 Å². The summed E-state index contributed by atoms with van der Waals surface area (Å²) >= 11 is 0. The number of rotatable bonds is 6. The molecule has 2 aromatic rings. The molecule has 2 aromatic carbocycles. The number of benzene rings is 2. The standard InChI is InChI=1S/C23H29N3O2.2ClH/c1-28-22-15-20(7-8-21(22)26-11-2-3-12-26)25-23(27)19-6-4-5-17(14-19)13-18-9-10-24-16-18;;/h4-8,14-15,18,24H,2-3,9-13,16H2,1H3,(H,25,27);2*1H. The second kappa shape index (κ2) is 11.4. The van der Waals surface area contributed by atoms with E-state index >= 15 is 0 Å². The molecule has 0 radical (unpaired) electrons. The highest BCUT2D eigenvalue weighted by Gasteiger charge is 2.18. The van der Waals surface area contributed by atoms with Crippen molar-refractivity contribution in [3.8, 4) is 5.75 Å². The Morgan fingerprint density at radius 1 is 1.17 bits per heavy atom. The van der Waals surface area contributed by atoms with E-state index < -0.39 is 0 Å². The molecule has 2 heterocycles. The zero-order chi connectivity index (χ0) is 19.3. The summed E-state index contributed by atoms with van der Waals surface area (Å²) in [5, 5.41) is 6.43. The minimum Gasteiger partial charge on any atom is -0.495 e. The minimum absolute atomic E-state index is 0. The molecule has 1 amide bonds. The highest BCUT2D eigenvalue weighted by molar-refractivity contribution is 6.04. The van der Waals surface area contributed by atoms with Crippen molar-refractivity contribution in [1.82, 2.24) is 5.32 Å². The summed E-state index contributed by atoms with van der Waals surface area (Å²) in [5.41, 5.74) is 3.79. The number of halogens is 2. The number of methoxy groups -OCH3 is 1. The Labute approximate surface area is 191 Å². The maximum atomic E-state index is 12.8. The van der Waals surface area contributed by atoms with Gasteiger partial charge >= 0.3 is 0 Å². The van der Waals surface area contributed by atoms with Gasteiger partial charge in [0.05, 0.1) is 12.8 Å². The largest absolute Gasteiger partial charge is 0.495 e. The number of nitrogens with one attached hydrogen (secondary N) is 2. The van der Waals surface area contributed by atoms with Gasteiger partial charge in [-0.05, 0) is 74.5 Å². The van der Waals surface area contributed by atoms with Crippen LogP contribution in [0.5, 0.6) is 5.75 Å². The van der Waals surface area contributed by atoms with Crippen LogP contribution >= 0.6 is 24.8 Å². The molecule has 30 heavy (non-hydrogen) atoms. The molecule has 1 unspecified atom stereocenters. The van der Waals surface area contributed by atoms with E-state index in [1.54, 1.807) is 7.11 Å². The fourth-order valence-electron chi connectivity index (χ4n) is 4.24. The van der Waals surface area contributed by atoms with Gasteiger partial charge in [-0.2, -0.15) is 0 Å². The Morgan fingerprint density at radius 2 is 1.97 bits per heavy atom. The van der Waals surface area contributed by atoms with Crippen molar-refractivity contribution in [3.05, 3.63) is 53.6 Å². The molecule has 0 bridgehead atoms. The summed E-state index contributed by atoms with van der Waals surface area (Å²) in [6, 6.07) is 13.9. The van der Waals surface area contributed by atoms with Gasteiger partial charge in [0, 0.05) is 30.4 Å². The van der Waals surface area contributed by atoms with Gasteiger partial charge in [0.1, 0.15) is 5.75 Å². The molecule has 7 heteroatoms. The van der Waals surface area contributed by atoms with Crippen molar-refractivity contribution in [3.63, 3.8) is 0 Å². The predicted octanol–water partition coefficient (Wildman–Crippen LogP) is 4.54. The lowest BCUT2D eigenvalue weighted by atomic mass is 9.97. The Bertz CT molecular complexity index is 835. The van der Waals surface area contributed by atoms with Crippen LogP contribution < -0.4 is 20.3 Å². The van der Waals surface area contributed by atoms with Crippen LogP contribution in [0, 0.1) is 5.92 Å². The van der Waals surface area contributed by atoms with E-state index in [9.17, 15) is 4.79 Å². The van der Waals surface area contributed by atoms with E-state index in [1.165, 1.54) is 24.8 Å². The van der Waals surface area contributed by atoms with Gasteiger partial charge in [0.25, 0.3) is 5.91 Å². The van der Waals surface area contributed by atoms with Crippen molar-refractivity contribution in [2.24, 2.45) is 5.92 Å². The van der Waals surface area contributed by atoms with Crippen molar-refractivity contribution >= 4 is 42.1 Å². The van der Waals surface area contributed by atoms with E-state index in [0.29, 0.717) is 11.5 Å². The first-order chi connectivity index (χ1) is 13.7. The number of carbonyl (C=O) groups is 1.